The van der Waals surface area contributed by atoms with Crippen molar-refractivity contribution in [3.63, 3.8) is 0 Å². The Morgan fingerprint density at radius 1 is 1.25 bits per heavy atom. The summed E-state index contributed by atoms with van der Waals surface area (Å²) < 4.78 is 6.36. The first-order chi connectivity index (χ1) is 13.4. The minimum absolute atomic E-state index is 0.0370. The third kappa shape index (κ3) is 3.74. The summed E-state index contributed by atoms with van der Waals surface area (Å²) in [5, 5.41) is 16.9. The zero-order valence-corrected chi connectivity index (χ0v) is 15.9. The third-order valence-corrected chi connectivity index (χ3v) is 5.09. The van der Waals surface area contributed by atoms with E-state index in [-0.39, 0.29) is 11.3 Å². The molecule has 1 amide bonds. The molecule has 2 aromatic rings. The number of carbonyl (C=O) groups is 2. The Hall–Kier alpha value is -3.21. The topological polar surface area (TPSA) is 114 Å². The number of hydrogen-bond donors (Lipinski definition) is 1. The number of aromatic nitrogens is 2. The van der Waals surface area contributed by atoms with E-state index in [4.69, 9.17) is 4.74 Å². The Labute approximate surface area is 162 Å². The van der Waals surface area contributed by atoms with E-state index in [0.29, 0.717) is 23.6 Å². The molecular formula is C20H22N4O4. The number of amides is 1. The SMILES string of the molecule is CC(OC(=O)c1nn(C)c(=O)c2ccccc12)C(=O)NC1(C#N)CCCCC1. The average molecular weight is 382 g/mol. The van der Waals surface area contributed by atoms with E-state index in [2.05, 4.69) is 16.5 Å². The van der Waals surface area contributed by atoms with Crippen LogP contribution in [-0.2, 0) is 16.6 Å². The zero-order valence-electron chi connectivity index (χ0n) is 15.9. The second-order valence-corrected chi connectivity index (χ2v) is 7.11. The van der Waals surface area contributed by atoms with Gasteiger partial charge in [0.1, 0.15) is 5.54 Å². The molecule has 0 aliphatic heterocycles. The monoisotopic (exact) mass is 382 g/mol. The van der Waals surface area contributed by atoms with Gasteiger partial charge in [0.2, 0.25) is 0 Å². The van der Waals surface area contributed by atoms with Crippen LogP contribution < -0.4 is 10.9 Å². The van der Waals surface area contributed by atoms with E-state index in [0.717, 1.165) is 23.9 Å². The van der Waals surface area contributed by atoms with Crippen molar-refractivity contribution in [2.24, 2.45) is 7.05 Å². The fraction of sp³-hybridized carbons (Fsp3) is 0.450. The van der Waals surface area contributed by atoms with Crippen LogP contribution in [0.15, 0.2) is 29.1 Å². The number of rotatable bonds is 4. The van der Waals surface area contributed by atoms with Crippen LogP contribution in [0, 0.1) is 11.3 Å². The van der Waals surface area contributed by atoms with Gasteiger partial charge in [0.15, 0.2) is 11.8 Å². The molecule has 1 aromatic carbocycles. The molecule has 1 heterocycles. The lowest BCUT2D eigenvalue weighted by Crippen LogP contribution is -2.52. The lowest BCUT2D eigenvalue weighted by molar-refractivity contribution is -0.130. The van der Waals surface area contributed by atoms with Crippen LogP contribution >= 0.6 is 0 Å². The lowest BCUT2D eigenvalue weighted by Gasteiger charge is -2.32. The van der Waals surface area contributed by atoms with E-state index in [1.807, 2.05) is 0 Å². The summed E-state index contributed by atoms with van der Waals surface area (Å²) in [7, 11) is 1.45. The van der Waals surface area contributed by atoms with E-state index in [9.17, 15) is 19.6 Å². The highest BCUT2D eigenvalue weighted by atomic mass is 16.5. The summed E-state index contributed by atoms with van der Waals surface area (Å²) in [6.45, 7) is 1.45. The Balaban J connectivity index is 1.79. The number of nitrogens with one attached hydrogen (secondary N) is 1. The Kier molecular flexibility index (Phi) is 5.45. The molecule has 28 heavy (non-hydrogen) atoms. The van der Waals surface area contributed by atoms with Crippen LogP contribution in [0.1, 0.15) is 49.5 Å². The number of ether oxygens (including phenoxy) is 1. The first kappa shape index (κ1) is 19.5. The maximum atomic E-state index is 12.6. The van der Waals surface area contributed by atoms with Gasteiger partial charge in [-0.1, -0.05) is 37.5 Å². The number of fused-ring (bicyclic) bond motifs is 1. The summed E-state index contributed by atoms with van der Waals surface area (Å²) in [6.07, 6.45) is 2.85. The van der Waals surface area contributed by atoms with Crippen LogP contribution in [0.2, 0.25) is 0 Å². The predicted octanol–water partition coefficient (Wildman–Crippen LogP) is 1.82. The molecule has 1 N–H and O–H groups in total. The molecule has 1 saturated carbocycles. The molecular weight excluding hydrogens is 360 g/mol. The zero-order chi connectivity index (χ0) is 20.3. The van der Waals surface area contributed by atoms with Crippen molar-refractivity contribution in [3.05, 3.63) is 40.3 Å². The van der Waals surface area contributed by atoms with Crippen LogP contribution in [0.4, 0.5) is 0 Å². The van der Waals surface area contributed by atoms with E-state index >= 15 is 0 Å². The van der Waals surface area contributed by atoms with Crippen molar-refractivity contribution >= 4 is 22.6 Å². The third-order valence-electron chi connectivity index (χ3n) is 5.09. The number of carbonyl (C=O) groups excluding carboxylic acids is 2. The molecule has 8 heteroatoms. The molecule has 0 bridgehead atoms. The molecule has 8 nitrogen and oxygen atoms in total. The Bertz CT molecular complexity index is 1020. The van der Waals surface area contributed by atoms with Gasteiger partial charge in [-0.25, -0.2) is 9.48 Å². The molecule has 0 spiro atoms. The van der Waals surface area contributed by atoms with Crippen molar-refractivity contribution in [2.45, 2.75) is 50.7 Å². The van der Waals surface area contributed by atoms with Crippen LogP contribution in [-0.4, -0.2) is 33.3 Å². The lowest BCUT2D eigenvalue weighted by atomic mass is 9.83. The molecule has 1 aromatic heterocycles. The number of hydrogen-bond acceptors (Lipinski definition) is 6. The predicted molar refractivity (Wildman–Crippen MR) is 101 cm³/mol. The summed E-state index contributed by atoms with van der Waals surface area (Å²) in [4.78, 5) is 37.3. The second kappa shape index (κ2) is 7.80. The summed E-state index contributed by atoms with van der Waals surface area (Å²) >= 11 is 0. The molecule has 146 valence electrons. The van der Waals surface area contributed by atoms with Gasteiger partial charge in [0, 0.05) is 12.4 Å². The highest BCUT2D eigenvalue weighted by Crippen LogP contribution is 2.27. The molecule has 0 radical (unpaired) electrons. The van der Waals surface area contributed by atoms with Crippen molar-refractivity contribution in [1.82, 2.24) is 15.1 Å². The van der Waals surface area contributed by atoms with Crippen molar-refractivity contribution in [1.29, 1.82) is 5.26 Å². The number of esters is 1. The fourth-order valence-electron chi connectivity index (χ4n) is 3.48. The van der Waals surface area contributed by atoms with E-state index in [1.54, 1.807) is 24.3 Å². The molecule has 1 aliphatic carbocycles. The maximum Gasteiger partial charge on any atom is 0.360 e. The average Bonchev–Trinajstić information content (AvgIpc) is 2.71. The molecule has 3 rings (SSSR count). The maximum absolute atomic E-state index is 12.6. The fourth-order valence-corrected chi connectivity index (χ4v) is 3.48. The first-order valence-electron chi connectivity index (χ1n) is 9.27. The first-order valence-corrected chi connectivity index (χ1v) is 9.27. The standard InChI is InChI=1S/C20H22N4O4/c1-13(17(25)22-20(12-21)10-6-3-7-11-20)28-19(27)16-14-8-4-5-9-15(14)18(26)24(2)23-16/h4-5,8-9,13H,3,6-7,10-11H2,1-2H3,(H,22,25). The van der Waals surface area contributed by atoms with Gasteiger partial charge in [-0.15, -0.1) is 0 Å². The Morgan fingerprint density at radius 2 is 1.89 bits per heavy atom. The smallest absolute Gasteiger partial charge is 0.360 e. The summed E-state index contributed by atoms with van der Waals surface area (Å²) in [5.74, 6) is -1.32. The van der Waals surface area contributed by atoms with Gasteiger partial charge >= 0.3 is 5.97 Å². The highest BCUT2D eigenvalue weighted by Gasteiger charge is 2.35. The minimum Gasteiger partial charge on any atom is -0.448 e. The van der Waals surface area contributed by atoms with Gasteiger partial charge in [0.05, 0.1) is 11.5 Å². The normalized spacial score (nSPS) is 16.8. The molecule has 1 unspecified atom stereocenters. The van der Waals surface area contributed by atoms with Gasteiger partial charge < -0.3 is 10.1 Å². The summed E-state index contributed by atoms with van der Waals surface area (Å²) in [5.41, 5.74) is -1.27. The van der Waals surface area contributed by atoms with Gasteiger partial charge in [0.25, 0.3) is 11.5 Å². The number of nitriles is 1. The Morgan fingerprint density at radius 3 is 2.54 bits per heavy atom. The quantitative estimate of drug-likeness (QED) is 0.807. The second-order valence-electron chi connectivity index (χ2n) is 7.11. The number of nitrogens with zero attached hydrogens (tertiary/aromatic N) is 3. The van der Waals surface area contributed by atoms with Gasteiger partial charge in [-0.05, 0) is 25.8 Å². The number of aryl methyl sites for hydroxylation is 1. The summed E-state index contributed by atoms with van der Waals surface area (Å²) in [6, 6.07) is 8.80. The molecule has 1 fully saturated rings. The van der Waals surface area contributed by atoms with Crippen LogP contribution in [0.5, 0.6) is 0 Å². The largest absolute Gasteiger partial charge is 0.448 e. The van der Waals surface area contributed by atoms with Gasteiger partial charge in [-0.3, -0.25) is 9.59 Å². The van der Waals surface area contributed by atoms with Crippen LogP contribution in [0.3, 0.4) is 0 Å². The highest BCUT2D eigenvalue weighted by molar-refractivity contribution is 6.02. The van der Waals surface area contributed by atoms with Crippen molar-refractivity contribution in [3.8, 4) is 6.07 Å². The van der Waals surface area contributed by atoms with Crippen molar-refractivity contribution in [2.75, 3.05) is 0 Å². The van der Waals surface area contributed by atoms with Crippen molar-refractivity contribution < 1.29 is 14.3 Å². The van der Waals surface area contributed by atoms with Gasteiger partial charge in [-0.2, -0.15) is 10.4 Å². The van der Waals surface area contributed by atoms with E-state index < -0.39 is 23.5 Å². The van der Waals surface area contributed by atoms with E-state index in [1.165, 1.54) is 14.0 Å². The molecule has 1 aliphatic rings. The minimum atomic E-state index is -1.10. The van der Waals surface area contributed by atoms with Crippen LogP contribution in [0.25, 0.3) is 10.8 Å². The molecule has 0 saturated heterocycles. The number of benzene rings is 1. The molecule has 1 atom stereocenters.